The summed E-state index contributed by atoms with van der Waals surface area (Å²) < 4.78 is 9.58. The number of aromatic nitrogens is 5. The SMILES string of the molecule is Cc1cc(C(=O)COC(=O)c2nc3nccc(C)n3n2)c(C)n1-c1ccc(Br)cc1. The molecule has 0 unspecified atom stereocenters. The summed E-state index contributed by atoms with van der Waals surface area (Å²) in [4.78, 5) is 33.2. The van der Waals surface area contributed by atoms with E-state index >= 15 is 0 Å². The third-order valence-electron chi connectivity index (χ3n) is 4.76. The van der Waals surface area contributed by atoms with E-state index in [1.165, 1.54) is 4.52 Å². The summed E-state index contributed by atoms with van der Waals surface area (Å²) in [6, 6.07) is 11.4. The number of halogens is 1. The minimum Gasteiger partial charge on any atom is -0.451 e. The summed E-state index contributed by atoms with van der Waals surface area (Å²) in [5.74, 6) is -0.899. The number of ether oxygens (including phenoxy) is 1. The predicted molar refractivity (Wildman–Crippen MR) is 113 cm³/mol. The Hall–Kier alpha value is -3.33. The molecule has 3 heterocycles. The van der Waals surface area contributed by atoms with Gasteiger partial charge in [-0.15, -0.1) is 5.10 Å². The molecule has 0 bridgehead atoms. The van der Waals surface area contributed by atoms with Crippen LogP contribution in [0.25, 0.3) is 11.5 Å². The number of benzene rings is 1. The van der Waals surface area contributed by atoms with Crippen molar-refractivity contribution in [2.45, 2.75) is 20.8 Å². The van der Waals surface area contributed by atoms with Crippen LogP contribution in [-0.2, 0) is 4.74 Å². The first kappa shape index (κ1) is 20.0. The number of fused-ring (bicyclic) bond motifs is 1. The monoisotopic (exact) mass is 467 g/mol. The zero-order chi connectivity index (χ0) is 21.4. The lowest BCUT2D eigenvalue weighted by atomic mass is 10.1. The van der Waals surface area contributed by atoms with Crippen molar-refractivity contribution in [3.05, 3.63) is 75.5 Å². The lowest BCUT2D eigenvalue weighted by Crippen LogP contribution is -2.16. The van der Waals surface area contributed by atoms with Crippen LogP contribution in [0.1, 0.15) is 38.1 Å². The van der Waals surface area contributed by atoms with Gasteiger partial charge in [0.2, 0.25) is 5.78 Å². The third kappa shape index (κ3) is 3.63. The zero-order valence-corrected chi connectivity index (χ0v) is 18.2. The first-order valence-electron chi connectivity index (χ1n) is 9.18. The summed E-state index contributed by atoms with van der Waals surface area (Å²) in [5.41, 5.74) is 3.92. The number of hydrogen-bond acceptors (Lipinski definition) is 6. The topological polar surface area (TPSA) is 91.4 Å². The lowest BCUT2D eigenvalue weighted by Gasteiger charge is -2.10. The van der Waals surface area contributed by atoms with E-state index in [0.717, 1.165) is 27.2 Å². The van der Waals surface area contributed by atoms with Crippen molar-refractivity contribution in [3.63, 3.8) is 0 Å². The van der Waals surface area contributed by atoms with Crippen LogP contribution in [0.5, 0.6) is 0 Å². The second-order valence-corrected chi connectivity index (χ2v) is 7.75. The molecule has 0 aliphatic carbocycles. The average Bonchev–Trinajstić information content (AvgIpc) is 3.29. The van der Waals surface area contributed by atoms with Crippen molar-refractivity contribution in [2.75, 3.05) is 6.61 Å². The van der Waals surface area contributed by atoms with Crippen LogP contribution in [0, 0.1) is 20.8 Å². The molecule has 0 atom stereocenters. The smallest absolute Gasteiger partial charge is 0.378 e. The number of rotatable bonds is 5. The number of carbonyl (C=O) groups excluding carboxylic acids is 2. The quantitative estimate of drug-likeness (QED) is 0.328. The Morgan fingerprint density at radius 2 is 1.80 bits per heavy atom. The van der Waals surface area contributed by atoms with Crippen LogP contribution < -0.4 is 0 Å². The molecule has 0 fully saturated rings. The van der Waals surface area contributed by atoms with Crippen LogP contribution in [0.15, 0.2) is 47.1 Å². The van der Waals surface area contributed by atoms with Gasteiger partial charge in [0.05, 0.1) is 0 Å². The Bertz CT molecular complexity index is 1270. The number of esters is 1. The van der Waals surface area contributed by atoms with E-state index in [2.05, 4.69) is 31.0 Å². The van der Waals surface area contributed by atoms with Gasteiger partial charge >= 0.3 is 5.97 Å². The molecule has 9 heteroatoms. The summed E-state index contributed by atoms with van der Waals surface area (Å²) in [6.07, 6.45) is 1.58. The molecule has 0 radical (unpaired) electrons. The Morgan fingerprint density at radius 1 is 1.07 bits per heavy atom. The largest absolute Gasteiger partial charge is 0.451 e. The van der Waals surface area contributed by atoms with Gasteiger partial charge in [-0.1, -0.05) is 15.9 Å². The van der Waals surface area contributed by atoms with E-state index in [4.69, 9.17) is 4.74 Å². The molecule has 152 valence electrons. The van der Waals surface area contributed by atoms with Gasteiger partial charge in [0, 0.05) is 39.0 Å². The minimum absolute atomic E-state index is 0.134. The summed E-state index contributed by atoms with van der Waals surface area (Å²) in [7, 11) is 0. The number of hydrogen-bond donors (Lipinski definition) is 0. The second-order valence-electron chi connectivity index (χ2n) is 6.83. The maximum atomic E-state index is 12.7. The van der Waals surface area contributed by atoms with E-state index in [-0.39, 0.29) is 11.6 Å². The van der Waals surface area contributed by atoms with Gasteiger partial charge in [-0.25, -0.2) is 14.3 Å². The molecule has 0 saturated carbocycles. The molecule has 30 heavy (non-hydrogen) atoms. The average molecular weight is 468 g/mol. The van der Waals surface area contributed by atoms with Gasteiger partial charge in [-0.2, -0.15) is 4.98 Å². The summed E-state index contributed by atoms with van der Waals surface area (Å²) >= 11 is 3.42. The number of nitrogens with zero attached hydrogens (tertiary/aromatic N) is 5. The van der Waals surface area contributed by atoms with Gasteiger partial charge in [-0.3, -0.25) is 4.79 Å². The molecule has 4 aromatic rings. The van der Waals surface area contributed by atoms with Crippen LogP contribution in [0.2, 0.25) is 0 Å². The molecule has 0 amide bonds. The number of carbonyl (C=O) groups is 2. The Kier molecular flexibility index (Phi) is 5.21. The van der Waals surface area contributed by atoms with Gasteiger partial charge in [0.15, 0.2) is 6.61 Å². The second kappa shape index (κ2) is 7.83. The van der Waals surface area contributed by atoms with Crippen LogP contribution in [0.4, 0.5) is 0 Å². The number of ketones is 1. The van der Waals surface area contributed by atoms with Gasteiger partial charge in [-0.05, 0) is 57.2 Å². The summed E-state index contributed by atoms with van der Waals surface area (Å²) in [5, 5.41) is 4.09. The summed E-state index contributed by atoms with van der Waals surface area (Å²) in [6.45, 7) is 5.21. The number of aryl methyl sites for hydroxylation is 2. The van der Waals surface area contributed by atoms with E-state index in [1.807, 2.05) is 49.6 Å². The van der Waals surface area contributed by atoms with Crippen molar-refractivity contribution in [2.24, 2.45) is 0 Å². The normalized spacial score (nSPS) is 11.1. The number of Topliss-reactive ketones (excluding diaryl/α,β-unsaturated/α-hetero) is 1. The minimum atomic E-state index is -0.769. The van der Waals surface area contributed by atoms with Gasteiger partial charge in [0.25, 0.3) is 11.6 Å². The molecule has 0 aliphatic heterocycles. The molecule has 0 aliphatic rings. The first-order chi connectivity index (χ1) is 14.3. The molecule has 4 rings (SSSR count). The molecule has 8 nitrogen and oxygen atoms in total. The van der Waals surface area contributed by atoms with E-state index in [1.54, 1.807) is 18.3 Å². The molecule has 0 saturated heterocycles. The van der Waals surface area contributed by atoms with Crippen LogP contribution in [0.3, 0.4) is 0 Å². The first-order valence-corrected chi connectivity index (χ1v) is 9.98. The fourth-order valence-corrected chi connectivity index (χ4v) is 3.56. The molecule has 1 aromatic carbocycles. The van der Waals surface area contributed by atoms with Crippen LogP contribution >= 0.6 is 15.9 Å². The highest BCUT2D eigenvalue weighted by molar-refractivity contribution is 9.10. The lowest BCUT2D eigenvalue weighted by molar-refractivity contribution is 0.0462. The molecular weight excluding hydrogens is 450 g/mol. The Labute approximate surface area is 180 Å². The maximum Gasteiger partial charge on any atom is 0.378 e. The molecular formula is C21H18BrN5O3. The maximum absolute atomic E-state index is 12.7. The van der Waals surface area contributed by atoms with Crippen molar-refractivity contribution < 1.29 is 14.3 Å². The fraction of sp³-hybridized carbons (Fsp3) is 0.190. The third-order valence-corrected chi connectivity index (χ3v) is 5.29. The van der Waals surface area contributed by atoms with Crippen molar-refractivity contribution >= 4 is 33.5 Å². The molecule has 0 spiro atoms. The molecule has 3 aromatic heterocycles. The highest BCUT2D eigenvalue weighted by atomic mass is 79.9. The van der Waals surface area contributed by atoms with Crippen molar-refractivity contribution in [1.29, 1.82) is 0 Å². The van der Waals surface area contributed by atoms with E-state index < -0.39 is 12.6 Å². The predicted octanol–water partition coefficient (Wildman–Crippen LogP) is 3.64. The standard InChI is InChI=1S/C21H18BrN5O3/c1-12-8-9-23-21-24-19(25-27(12)21)20(29)30-11-18(28)17-10-13(2)26(14(17)3)16-6-4-15(22)5-7-16/h4-10H,11H2,1-3H3. The van der Waals surface area contributed by atoms with Crippen molar-refractivity contribution in [3.8, 4) is 5.69 Å². The fourth-order valence-electron chi connectivity index (χ4n) is 3.30. The highest BCUT2D eigenvalue weighted by Gasteiger charge is 2.21. The zero-order valence-electron chi connectivity index (χ0n) is 16.6. The highest BCUT2D eigenvalue weighted by Crippen LogP contribution is 2.23. The van der Waals surface area contributed by atoms with Gasteiger partial charge < -0.3 is 9.30 Å². The Morgan fingerprint density at radius 3 is 2.50 bits per heavy atom. The van der Waals surface area contributed by atoms with E-state index in [9.17, 15) is 9.59 Å². The van der Waals surface area contributed by atoms with Crippen LogP contribution in [-0.4, -0.2) is 42.5 Å². The van der Waals surface area contributed by atoms with Crippen molar-refractivity contribution in [1.82, 2.24) is 24.1 Å². The molecule has 0 N–H and O–H groups in total. The van der Waals surface area contributed by atoms with E-state index in [0.29, 0.717) is 11.3 Å². The van der Waals surface area contributed by atoms with Gasteiger partial charge in [0.1, 0.15) is 0 Å². The Balaban J connectivity index is 1.51.